The molecule has 0 saturated carbocycles. The predicted octanol–water partition coefficient (Wildman–Crippen LogP) is 2.47. The molecular formula is C14H12N2O2. The second-order valence-electron chi connectivity index (χ2n) is 4.23. The van der Waals surface area contributed by atoms with Gasteiger partial charge in [0.25, 0.3) is 5.56 Å². The van der Waals surface area contributed by atoms with Crippen LogP contribution in [-0.2, 0) is 0 Å². The maximum Gasteiger partial charge on any atom is 0.266 e. The first-order chi connectivity index (χ1) is 8.66. The molecule has 0 aliphatic rings. The Morgan fingerprint density at radius 3 is 2.83 bits per heavy atom. The van der Waals surface area contributed by atoms with Gasteiger partial charge in [0.2, 0.25) is 0 Å². The highest BCUT2D eigenvalue weighted by molar-refractivity contribution is 5.76. The first-order valence-corrected chi connectivity index (χ1v) is 5.62. The smallest absolute Gasteiger partial charge is 0.266 e. The lowest BCUT2D eigenvalue weighted by Crippen LogP contribution is -2.17. The Morgan fingerprint density at radius 1 is 1.22 bits per heavy atom. The highest BCUT2D eigenvalue weighted by atomic mass is 16.3. The molecule has 2 N–H and O–H groups in total. The van der Waals surface area contributed by atoms with Crippen molar-refractivity contribution in [2.75, 3.05) is 5.73 Å². The van der Waals surface area contributed by atoms with Gasteiger partial charge in [0.15, 0.2) is 0 Å². The Kier molecular flexibility index (Phi) is 2.23. The number of aromatic nitrogens is 1. The molecule has 18 heavy (non-hydrogen) atoms. The third-order valence-corrected chi connectivity index (χ3v) is 3.05. The lowest BCUT2D eigenvalue weighted by atomic mass is 10.2. The van der Waals surface area contributed by atoms with Crippen LogP contribution in [0.25, 0.3) is 16.7 Å². The van der Waals surface area contributed by atoms with E-state index in [9.17, 15) is 4.79 Å². The topological polar surface area (TPSA) is 61.2 Å². The standard InChI is InChI=1S/C14H12N2O2/c1-9-8-10(2-3-12(9)15)16-6-4-13-11(14(16)17)5-7-18-13/h2-8H,15H2,1H3. The maximum absolute atomic E-state index is 12.3. The minimum atomic E-state index is -0.0922. The van der Waals surface area contributed by atoms with Crippen LogP contribution in [0.2, 0.25) is 0 Å². The number of rotatable bonds is 1. The van der Waals surface area contributed by atoms with Crippen molar-refractivity contribution in [3.63, 3.8) is 0 Å². The lowest BCUT2D eigenvalue weighted by Gasteiger charge is -2.07. The minimum Gasteiger partial charge on any atom is -0.464 e. The molecule has 4 nitrogen and oxygen atoms in total. The summed E-state index contributed by atoms with van der Waals surface area (Å²) in [4.78, 5) is 12.3. The number of aryl methyl sites for hydroxylation is 1. The van der Waals surface area contributed by atoms with Gasteiger partial charge in [-0.3, -0.25) is 9.36 Å². The fraction of sp³-hybridized carbons (Fsp3) is 0.0714. The molecule has 0 aliphatic carbocycles. The van der Waals surface area contributed by atoms with Gasteiger partial charge >= 0.3 is 0 Å². The molecule has 0 bridgehead atoms. The third kappa shape index (κ3) is 1.50. The maximum atomic E-state index is 12.3. The van der Waals surface area contributed by atoms with E-state index >= 15 is 0 Å². The molecule has 1 aromatic carbocycles. The minimum absolute atomic E-state index is 0.0922. The Bertz CT molecular complexity index is 784. The zero-order chi connectivity index (χ0) is 12.7. The van der Waals surface area contributed by atoms with Gasteiger partial charge in [-0.05, 0) is 42.8 Å². The van der Waals surface area contributed by atoms with Gasteiger partial charge < -0.3 is 10.2 Å². The number of nitrogen functional groups attached to an aromatic ring is 1. The van der Waals surface area contributed by atoms with Gasteiger partial charge in [0, 0.05) is 17.6 Å². The molecule has 90 valence electrons. The molecule has 2 aromatic heterocycles. The summed E-state index contributed by atoms with van der Waals surface area (Å²) in [5, 5.41) is 0.576. The third-order valence-electron chi connectivity index (χ3n) is 3.05. The second kappa shape index (κ2) is 3.77. The summed E-state index contributed by atoms with van der Waals surface area (Å²) in [5.74, 6) is 0. The van der Waals surface area contributed by atoms with Crippen LogP contribution in [0.5, 0.6) is 0 Å². The van der Waals surface area contributed by atoms with Crippen molar-refractivity contribution in [2.24, 2.45) is 0 Å². The van der Waals surface area contributed by atoms with Crippen LogP contribution >= 0.6 is 0 Å². The van der Waals surface area contributed by atoms with Gasteiger partial charge in [-0.15, -0.1) is 0 Å². The van der Waals surface area contributed by atoms with Crippen LogP contribution in [0, 0.1) is 6.92 Å². The Balaban J connectivity index is 2.28. The molecule has 0 unspecified atom stereocenters. The van der Waals surface area contributed by atoms with E-state index < -0.39 is 0 Å². The molecule has 3 rings (SSSR count). The second-order valence-corrected chi connectivity index (χ2v) is 4.23. The van der Waals surface area contributed by atoms with Crippen LogP contribution in [0.1, 0.15) is 5.56 Å². The molecule has 2 heterocycles. The van der Waals surface area contributed by atoms with Crippen molar-refractivity contribution >= 4 is 16.7 Å². The van der Waals surface area contributed by atoms with E-state index in [1.54, 1.807) is 29.0 Å². The van der Waals surface area contributed by atoms with Gasteiger partial charge in [0.1, 0.15) is 5.58 Å². The molecule has 4 heteroatoms. The largest absolute Gasteiger partial charge is 0.464 e. The number of benzene rings is 1. The molecule has 0 atom stereocenters. The first-order valence-electron chi connectivity index (χ1n) is 5.62. The Hall–Kier alpha value is -2.49. The predicted molar refractivity (Wildman–Crippen MR) is 71.0 cm³/mol. The van der Waals surface area contributed by atoms with Gasteiger partial charge in [-0.25, -0.2) is 0 Å². The number of hydrogen-bond acceptors (Lipinski definition) is 3. The number of hydrogen-bond donors (Lipinski definition) is 1. The van der Waals surface area contributed by atoms with Gasteiger partial charge in [-0.1, -0.05) is 0 Å². The molecule has 0 aliphatic heterocycles. The fourth-order valence-corrected chi connectivity index (χ4v) is 1.98. The van der Waals surface area contributed by atoms with Crippen LogP contribution in [0.4, 0.5) is 5.69 Å². The lowest BCUT2D eigenvalue weighted by molar-refractivity contribution is 0.615. The zero-order valence-corrected chi connectivity index (χ0v) is 9.88. The summed E-state index contributed by atoms with van der Waals surface area (Å²) in [6.45, 7) is 1.92. The summed E-state index contributed by atoms with van der Waals surface area (Å²) < 4.78 is 6.79. The van der Waals surface area contributed by atoms with Crippen LogP contribution in [0.3, 0.4) is 0 Å². The summed E-state index contributed by atoms with van der Waals surface area (Å²) in [7, 11) is 0. The van der Waals surface area contributed by atoms with Crippen molar-refractivity contribution in [2.45, 2.75) is 6.92 Å². The van der Waals surface area contributed by atoms with Crippen LogP contribution in [-0.4, -0.2) is 4.57 Å². The normalized spacial score (nSPS) is 10.9. The molecule has 0 fully saturated rings. The monoisotopic (exact) mass is 240 g/mol. The van der Waals surface area contributed by atoms with Crippen molar-refractivity contribution in [3.05, 3.63) is 58.7 Å². The van der Waals surface area contributed by atoms with Crippen LogP contribution in [0.15, 0.2) is 52.0 Å². The van der Waals surface area contributed by atoms with Crippen LogP contribution < -0.4 is 11.3 Å². The number of pyridine rings is 1. The van der Waals surface area contributed by atoms with Crippen molar-refractivity contribution < 1.29 is 4.42 Å². The molecule has 3 aromatic rings. The number of anilines is 1. The summed E-state index contributed by atoms with van der Waals surface area (Å²) in [6, 6.07) is 8.98. The fourth-order valence-electron chi connectivity index (χ4n) is 1.98. The average Bonchev–Trinajstić information content (AvgIpc) is 2.83. The van der Waals surface area contributed by atoms with E-state index in [1.165, 1.54) is 6.26 Å². The van der Waals surface area contributed by atoms with Crippen molar-refractivity contribution in [1.29, 1.82) is 0 Å². The molecule has 0 radical (unpaired) electrons. The van der Waals surface area contributed by atoms with Crippen molar-refractivity contribution in [1.82, 2.24) is 4.57 Å². The first kappa shape index (κ1) is 10.7. The van der Waals surface area contributed by atoms with E-state index in [1.807, 2.05) is 19.1 Å². The van der Waals surface area contributed by atoms with E-state index in [0.717, 1.165) is 16.9 Å². The highest BCUT2D eigenvalue weighted by Gasteiger charge is 2.07. The number of nitrogens with zero attached hydrogens (tertiary/aromatic N) is 1. The molecule has 0 saturated heterocycles. The number of nitrogens with two attached hydrogens (primary N) is 1. The van der Waals surface area contributed by atoms with Gasteiger partial charge in [-0.2, -0.15) is 0 Å². The Morgan fingerprint density at radius 2 is 2.06 bits per heavy atom. The summed E-state index contributed by atoms with van der Waals surface area (Å²) >= 11 is 0. The zero-order valence-electron chi connectivity index (χ0n) is 9.88. The molecule has 0 spiro atoms. The van der Waals surface area contributed by atoms with Crippen molar-refractivity contribution in [3.8, 4) is 5.69 Å². The Labute approximate surface area is 103 Å². The molecular weight excluding hydrogens is 228 g/mol. The summed E-state index contributed by atoms with van der Waals surface area (Å²) in [5.41, 5.74) is 8.75. The van der Waals surface area contributed by atoms with E-state index in [-0.39, 0.29) is 5.56 Å². The quantitative estimate of drug-likeness (QED) is 0.665. The average molecular weight is 240 g/mol. The SMILES string of the molecule is Cc1cc(-n2ccc3occc3c2=O)ccc1N. The number of fused-ring (bicyclic) bond motifs is 1. The van der Waals surface area contributed by atoms with E-state index in [2.05, 4.69) is 0 Å². The van der Waals surface area contributed by atoms with E-state index in [4.69, 9.17) is 10.2 Å². The summed E-state index contributed by atoms with van der Waals surface area (Å²) in [6.07, 6.45) is 3.23. The van der Waals surface area contributed by atoms with Gasteiger partial charge in [0.05, 0.1) is 11.6 Å². The number of furan rings is 1. The highest BCUT2D eigenvalue weighted by Crippen LogP contribution is 2.17. The van der Waals surface area contributed by atoms with E-state index in [0.29, 0.717) is 11.0 Å². The molecule has 0 amide bonds.